The van der Waals surface area contributed by atoms with E-state index >= 15 is 0 Å². The molecule has 1 amide bonds. The van der Waals surface area contributed by atoms with Crippen LogP contribution in [0.5, 0.6) is 0 Å². The molecule has 3 aromatic rings. The largest absolute Gasteiger partial charge is 0.358 e. The number of aromatic amines is 1. The lowest BCUT2D eigenvalue weighted by molar-refractivity contribution is -0.113. The molecule has 0 bridgehead atoms. The van der Waals surface area contributed by atoms with E-state index in [1.807, 2.05) is 31.2 Å². The first-order chi connectivity index (χ1) is 10.6. The summed E-state index contributed by atoms with van der Waals surface area (Å²) in [7, 11) is 0. The predicted molar refractivity (Wildman–Crippen MR) is 88.8 cm³/mol. The maximum absolute atomic E-state index is 13.5. The Morgan fingerprint density at radius 1 is 1.18 bits per heavy atom. The van der Waals surface area contributed by atoms with Gasteiger partial charge in [0.2, 0.25) is 5.91 Å². The van der Waals surface area contributed by atoms with Gasteiger partial charge >= 0.3 is 0 Å². The minimum absolute atomic E-state index is 0.212. The molecular formula is C17H15FN2OS. The number of aryl methyl sites for hydroxylation is 1. The molecule has 0 saturated carbocycles. The van der Waals surface area contributed by atoms with Crippen LogP contribution >= 0.6 is 11.8 Å². The SMILES string of the molecule is Cc1[nH]c2ccccc2c1SCC(=O)Nc1ccccc1F. The molecule has 5 heteroatoms. The molecule has 2 aromatic carbocycles. The van der Waals surface area contributed by atoms with E-state index in [0.29, 0.717) is 0 Å². The standard InChI is InChI=1S/C17H15FN2OS/c1-11-17(12-6-2-4-8-14(12)19-11)22-10-16(21)20-15-9-5-3-7-13(15)18/h2-9,19H,10H2,1H3,(H,20,21). The van der Waals surface area contributed by atoms with Gasteiger partial charge < -0.3 is 10.3 Å². The minimum atomic E-state index is -0.427. The normalized spacial score (nSPS) is 10.8. The Bertz CT molecular complexity index is 828. The number of amides is 1. The van der Waals surface area contributed by atoms with Gasteiger partial charge in [0.1, 0.15) is 5.82 Å². The Balaban J connectivity index is 1.70. The first-order valence-electron chi connectivity index (χ1n) is 6.89. The smallest absolute Gasteiger partial charge is 0.234 e. The van der Waals surface area contributed by atoms with E-state index in [1.165, 1.54) is 17.8 Å². The van der Waals surface area contributed by atoms with Gasteiger partial charge in [-0.2, -0.15) is 0 Å². The molecule has 0 aliphatic rings. The van der Waals surface area contributed by atoms with E-state index in [2.05, 4.69) is 10.3 Å². The summed E-state index contributed by atoms with van der Waals surface area (Å²) in [4.78, 5) is 16.4. The lowest BCUT2D eigenvalue weighted by Gasteiger charge is -2.06. The van der Waals surface area contributed by atoms with Crippen molar-refractivity contribution in [1.82, 2.24) is 4.98 Å². The number of H-pyrrole nitrogens is 1. The van der Waals surface area contributed by atoms with Crippen LogP contribution in [0.15, 0.2) is 53.4 Å². The molecule has 2 N–H and O–H groups in total. The van der Waals surface area contributed by atoms with E-state index in [0.717, 1.165) is 21.5 Å². The van der Waals surface area contributed by atoms with Crippen LogP contribution in [0.3, 0.4) is 0 Å². The molecule has 3 rings (SSSR count). The number of nitrogens with one attached hydrogen (secondary N) is 2. The zero-order chi connectivity index (χ0) is 15.5. The average Bonchev–Trinajstić information content (AvgIpc) is 2.83. The summed E-state index contributed by atoms with van der Waals surface area (Å²) in [5.74, 6) is -0.416. The molecule has 0 atom stereocenters. The van der Waals surface area contributed by atoms with Gasteiger partial charge in [-0.15, -0.1) is 11.8 Å². The fourth-order valence-corrected chi connectivity index (χ4v) is 3.27. The van der Waals surface area contributed by atoms with Crippen LogP contribution in [-0.2, 0) is 4.79 Å². The predicted octanol–water partition coefficient (Wildman–Crippen LogP) is 4.35. The van der Waals surface area contributed by atoms with E-state index in [4.69, 9.17) is 0 Å². The molecule has 0 radical (unpaired) electrons. The van der Waals surface area contributed by atoms with Crippen molar-refractivity contribution in [2.45, 2.75) is 11.8 Å². The second-order valence-electron chi connectivity index (χ2n) is 4.94. The summed E-state index contributed by atoms with van der Waals surface area (Å²) in [6.45, 7) is 1.98. The van der Waals surface area contributed by atoms with Crippen molar-refractivity contribution in [3.63, 3.8) is 0 Å². The number of hydrogen-bond acceptors (Lipinski definition) is 2. The van der Waals surface area contributed by atoms with Gasteiger partial charge in [-0.05, 0) is 25.1 Å². The van der Waals surface area contributed by atoms with Gasteiger partial charge in [0.25, 0.3) is 0 Å². The number of rotatable bonds is 4. The molecule has 0 aliphatic carbocycles. The molecule has 0 spiro atoms. The van der Waals surface area contributed by atoms with Gasteiger partial charge in [0, 0.05) is 21.5 Å². The van der Waals surface area contributed by atoms with Crippen molar-refractivity contribution in [2.24, 2.45) is 0 Å². The number of carbonyl (C=O) groups excluding carboxylic acids is 1. The van der Waals surface area contributed by atoms with E-state index in [9.17, 15) is 9.18 Å². The highest BCUT2D eigenvalue weighted by Crippen LogP contribution is 2.31. The second kappa shape index (κ2) is 6.23. The second-order valence-corrected chi connectivity index (χ2v) is 5.93. The van der Waals surface area contributed by atoms with Crippen molar-refractivity contribution in [2.75, 3.05) is 11.1 Å². The molecule has 1 aromatic heterocycles. The zero-order valence-electron chi connectivity index (χ0n) is 12.0. The van der Waals surface area contributed by atoms with Crippen LogP contribution in [0.25, 0.3) is 10.9 Å². The number of aromatic nitrogens is 1. The Morgan fingerprint density at radius 3 is 2.73 bits per heavy atom. The highest BCUT2D eigenvalue weighted by Gasteiger charge is 2.12. The van der Waals surface area contributed by atoms with Crippen molar-refractivity contribution in [3.05, 3.63) is 60.0 Å². The maximum atomic E-state index is 13.5. The van der Waals surface area contributed by atoms with Crippen molar-refractivity contribution < 1.29 is 9.18 Å². The first kappa shape index (κ1) is 14.7. The number of para-hydroxylation sites is 2. The fraction of sp³-hybridized carbons (Fsp3) is 0.118. The van der Waals surface area contributed by atoms with Crippen LogP contribution in [0.4, 0.5) is 10.1 Å². The summed E-state index contributed by atoms with van der Waals surface area (Å²) in [6.07, 6.45) is 0. The molecule has 112 valence electrons. The molecule has 0 saturated heterocycles. The fourth-order valence-electron chi connectivity index (χ4n) is 2.32. The monoisotopic (exact) mass is 314 g/mol. The maximum Gasteiger partial charge on any atom is 0.234 e. The highest BCUT2D eigenvalue weighted by atomic mass is 32.2. The van der Waals surface area contributed by atoms with Gasteiger partial charge in [-0.25, -0.2) is 4.39 Å². The van der Waals surface area contributed by atoms with Crippen molar-refractivity contribution in [1.29, 1.82) is 0 Å². The van der Waals surface area contributed by atoms with E-state index < -0.39 is 5.82 Å². The Hall–Kier alpha value is -2.27. The third-order valence-electron chi connectivity index (χ3n) is 3.33. The summed E-state index contributed by atoms with van der Waals surface area (Å²) >= 11 is 1.45. The van der Waals surface area contributed by atoms with Crippen LogP contribution in [0.2, 0.25) is 0 Å². The number of anilines is 1. The summed E-state index contributed by atoms with van der Waals surface area (Å²) in [5.41, 5.74) is 2.30. The minimum Gasteiger partial charge on any atom is -0.358 e. The van der Waals surface area contributed by atoms with Gasteiger partial charge in [-0.1, -0.05) is 30.3 Å². The summed E-state index contributed by atoms with van der Waals surface area (Å²) in [6, 6.07) is 14.1. The molecule has 3 nitrogen and oxygen atoms in total. The number of hydrogen-bond donors (Lipinski definition) is 2. The topological polar surface area (TPSA) is 44.9 Å². The number of halogens is 1. The number of thioether (sulfide) groups is 1. The average molecular weight is 314 g/mol. The van der Waals surface area contributed by atoms with Crippen molar-refractivity contribution >= 4 is 34.3 Å². The third kappa shape index (κ3) is 2.99. The summed E-state index contributed by atoms with van der Waals surface area (Å²) in [5, 5.41) is 3.70. The van der Waals surface area contributed by atoms with Crippen molar-refractivity contribution in [3.8, 4) is 0 Å². The Labute approximate surface area is 131 Å². The first-order valence-corrected chi connectivity index (χ1v) is 7.88. The quantitative estimate of drug-likeness (QED) is 0.703. The Kier molecular flexibility index (Phi) is 4.15. The zero-order valence-corrected chi connectivity index (χ0v) is 12.8. The molecule has 22 heavy (non-hydrogen) atoms. The van der Waals surface area contributed by atoms with Crippen LogP contribution in [0, 0.1) is 12.7 Å². The lowest BCUT2D eigenvalue weighted by Crippen LogP contribution is -2.14. The molecule has 0 aliphatic heterocycles. The number of benzene rings is 2. The van der Waals surface area contributed by atoms with Crippen LogP contribution in [-0.4, -0.2) is 16.6 Å². The van der Waals surface area contributed by atoms with Crippen LogP contribution < -0.4 is 5.32 Å². The van der Waals surface area contributed by atoms with E-state index in [-0.39, 0.29) is 17.3 Å². The van der Waals surface area contributed by atoms with Gasteiger partial charge in [0.15, 0.2) is 0 Å². The third-order valence-corrected chi connectivity index (χ3v) is 4.55. The molecule has 1 heterocycles. The molecular weight excluding hydrogens is 299 g/mol. The summed E-state index contributed by atoms with van der Waals surface area (Å²) < 4.78 is 13.5. The van der Waals surface area contributed by atoms with Gasteiger partial charge in [0.05, 0.1) is 11.4 Å². The van der Waals surface area contributed by atoms with Crippen LogP contribution in [0.1, 0.15) is 5.69 Å². The Morgan fingerprint density at radius 2 is 1.91 bits per heavy atom. The number of carbonyl (C=O) groups is 1. The number of fused-ring (bicyclic) bond motifs is 1. The molecule has 0 fully saturated rings. The lowest BCUT2D eigenvalue weighted by atomic mass is 10.2. The highest BCUT2D eigenvalue weighted by molar-refractivity contribution is 8.00. The molecule has 0 unspecified atom stereocenters. The van der Waals surface area contributed by atoms with Gasteiger partial charge in [-0.3, -0.25) is 4.79 Å². The van der Waals surface area contributed by atoms with E-state index in [1.54, 1.807) is 18.2 Å².